The van der Waals surface area contributed by atoms with Gasteiger partial charge in [-0.05, 0) is 36.6 Å². The van der Waals surface area contributed by atoms with Crippen LogP contribution in [0.3, 0.4) is 0 Å². The van der Waals surface area contributed by atoms with Crippen molar-refractivity contribution < 1.29 is 9.18 Å². The number of hydrogen-bond acceptors (Lipinski definition) is 2. The Morgan fingerprint density at radius 2 is 1.92 bits per heavy atom. The van der Waals surface area contributed by atoms with Gasteiger partial charge in [-0.3, -0.25) is 4.79 Å². The van der Waals surface area contributed by atoms with Crippen molar-refractivity contribution in [3.8, 4) is 0 Å². The molecule has 0 bridgehead atoms. The highest BCUT2D eigenvalue weighted by atomic mass is 35.5. The van der Waals surface area contributed by atoms with Crippen LogP contribution in [0.2, 0.25) is 5.15 Å². The summed E-state index contributed by atoms with van der Waals surface area (Å²) in [6.45, 7) is 0.547. The summed E-state index contributed by atoms with van der Waals surface area (Å²) in [6.07, 6.45) is 1.73. The molecule has 5 heteroatoms. The molecule has 0 saturated carbocycles. The van der Waals surface area contributed by atoms with Crippen molar-refractivity contribution in [1.29, 1.82) is 0 Å². The molecule has 0 unspecified atom stereocenters. The third kappa shape index (κ3) is 3.89. The number of carbonyl (C=O) groups excluding carboxylic acids is 1. The summed E-state index contributed by atoms with van der Waals surface area (Å²) in [5.74, 6) is -0.657. The van der Waals surface area contributed by atoms with Gasteiger partial charge in [0.2, 0.25) is 0 Å². The van der Waals surface area contributed by atoms with E-state index in [1.807, 2.05) is 18.2 Å². The Morgan fingerprint density at radius 1 is 1.12 bits per heavy atom. The highest BCUT2D eigenvalue weighted by Crippen LogP contribution is 2.21. The van der Waals surface area contributed by atoms with E-state index in [1.54, 1.807) is 12.1 Å². The van der Waals surface area contributed by atoms with Gasteiger partial charge in [0.05, 0.1) is 11.1 Å². The number of aryl methyl sites for hydroxylation is 1. The fourth-order valence-electron chi connectivity index (χ4n) is 2.51. The molecule has 0 aliphatic rings. The minimum absolute atomic E-state index is 0.0775. The van der Waals surface area contributed by atoms with Gasteiger partial charge in [-0.1, -0.05) is 41.9 Å². The SMILES string of the molecule is O=C(NCCCc1ccccc1)c1cc2ccc(F)cc2nc1Cl. The van der Waals surface area contributed by atoms with Gasteiger partial charge < -0.3 is 5.32 Å². The number of nitrogens with one attached hydrogen (secondary N) is 1. The van der Waals surface area contributed by atoms with Crippen LogP contribution in [0.5, 0.6) is 0 Å². The van der Waals surface area contributed by atoms with Crippen molar-refractivity contribution in [1.82, 2.24) is 10.3 Å². The number of rotatable bonds is 5. The van der Waals surface area contributed by atoms with Crippen LogP contribution in [0.1, 0.15) is 22.3 Å². The third-order valence-corrected chi connectivity index (χ3v) is 4.04. The Bertz CT molecular complexity index is 868. The van der Waals surface area contributed by atoms with Crippen LogP contribution in [0.4, 0.5) is 4.39 Å². The number of benzene rings is 2. The summed E-state index contributed by atoms with van der Waals surface area (Å²) in [6, 6.07) is 15.9. The summed E-state index contributed by atoms with van der Waals surface area (Å²) >= 11 is 6.06. The topological polar surface area (TPSA) is 42.0 Å². The van der Waals surface area contributed by atoms with E-state index < -0.39 is 0 Å². The molecule has 1 heterocycles. The average Bonchev–Trinajstić information content (AvgIpc) is 2.58. The first kappa shape index (κ1) is 16.4. The maximum atomic E-state index is 13.2. The van der Waals surface area contributed by atoms with Crippen LogP contribution >= 0.6 is 11.6 Å². The second-order valence-corrected chi connectivity index (χ2v) is 5.87. The maximum Gasteiger partial charge on any atom is 0.254 e. The lowest BCUT2D eigenvalue weighted by atomic mass is 10.1. The van der Waals surface area contributed by atoms with Crippen LogP contribution in [0.25, 0.3) is 10.9 Å². The van der Waals surface area contributed by atoms with Crippen molar-refractivity contribution in [2.75, 3.05) is 6.54 Å². The van der Waals surface area contributed by atoms with Crippen molar-refractivity contribution in [3.63, 3.8) is 0 Å². The van der Waals surface area contributed by atoms with Gasteiger partial charge in [-0.2, -0.15) is 0 Å². The van der Waals surface area contributed by atoms with Crippen molar-refractivity contribution in [2.45, 2.75) is 12.8 Å². The highest BCUT2D eigenvalue weighted by Gasteiger charge is 2.13. The first-order valence-corrected chi connectivity index (χ1v) is 8.09. The standard InChI is InChI=1S/C19H16ClFN2O/c20-18-16(11-14-8-9-15(21)12-17(14)23-18)19(24)22-10-4-7-13-5-2-1-3-6-13/h1-3,5-6,8-9,11-12H,4,7,10H2,(H,22,24). The summed E-state index contributed by atoms with van der Waals surface area (Å²) < 4.78 is 13.2. The number of carbonyl (C=O) groups is 1. The lowest BCUT2D eigenvalue weighted by Crippen LogP contribution is -2.25. The molecular weight excluding hydrogens is 327 g/mol. The van der Waals surface area contributed by atoms with E-state index in [0.29, 0.717) is 23.0 Å². The van der Waals surface area contributed by atoms with Gasteiger partial charge in [0, 0.05) is 18.0 Å². The van der Waals surface area contributed by atoms with Gasteiger partial charge in [0.15, 0.2) is 0 Å². The second kappa shape index (κ2) is 7.41. The van der Waals surface area contributed by atoms with Crippen molar-refractivity contribution >= 4 is 28.4 Å². The number of hydrogen-bond donors (Lipinski definition) is 1. The zero-order chi connectivity index (χ0) is 16.9. The molecular formula is C19H16ClFN2O. The Balaban J connectivity index is 1.63. The Labute approximate surface area is 144 Å². The highest BCUT2D eigenvalue weighted by molar-refractivity contribution is 6.33. The smallest absolute Gasteiger partial charge is 0.254 e. The van der Waals surface area contributed by atoms with E-state index in [9.17, 15) is 9.18 Å². The van der Waals surface area contributed by atoms with E-state index in [1.165, 1.54) is 17.7 Å². The number of halogens is 2. The Morgan fingerprint density at radius 3 is 2.71 bits per heavy atom. The lowest BCUT2D eigenvalue weighted by molar-refractivity contribution is 0.0953. The van der Waals surface area contributed by atoms with E-state index >= 15 is 0 Å². The first-order chi connectivity index (χ1) is 11.6. The van der Waals surface area contributed by atoms with Crippen molar-refractivity contribution in [2.24, 2.45) is 0 Å². The fourth-order valence-corrected chi connectivity index (χ4v) is 2.74. The molecule has 1 amide bonds. The minimum Gasteiger partial charge on any atom is -0.352 e. The Hall–Kier alpha value is -2.46. The summed E-state index contributed by atoms with van der Waals surface area (Å²) in [5, 5.41) is 3.60. The van der Waals surface area contributed by atoms with Gasteiger partial charge in [0.1, 0.15) is 11.0 Å². The average molecular weight is 343 g/mol. The normalized spacial score (nSPS) is 10.8. The third-order valence-electron chi connectivity index (χ3n) is 3.75. The van der Waals surface area contributed by atoms with Crippen LogP contribution < -0.4 is 5.32 Å². The zero-order valence-electron chi connectivity index (χ0n) is 12.9. The van der Waals surface area contributed by atoms with Gasteiger partial charge in [-0.15, -0.1) is 0 Å². The minimum atomic E-state index is -0.385. The molecule has 3 nitrogen and oxygen atoms in total. The van der Waals surface area contributed by atoms with E-state index in [-0.39, 0.29) is 16.9 Å². The monoisotopic (exact) mass is 342 g/mol. The molecule has 0 atom stereocenters. The van der Waals surface area contributed by atoms with Crippen molar-refractivity contribution in [3.05, 3.63) is 76.7 Å². The van der Waals surface area contributed by atoms with Crippen LogP contribution in [-0.2, 0) is 6.42 Å². The van der Waals surface area contributed by atoms with E-state index in [2.05, 4.69) is 22.4 Å². The lowest BCUT2D eigenvalue weighted by Gasteiger charge is -2.08. The number of aromatic nitrogens is 1. The molecule has 0 aliphatic heterocycles. The molecule has 1 aromatic heterocycles. The predicted molar refractivity (Wildman–Crippen MR) is 93.8 cm³/mol. The maximum absolute atomic E-state index is 13.2. The quantitative estimate of drug-likeness (QED) is 0.552. The van der Waals surface area contributed by atoms with Crippen LogP contribution in [0, 0.1) is 5.82 Å². The molecule has 3 aromatic rings. The Kier molecular flexibility index (Phi) is 5.06. The molecule has 122 valence electrons. The largest absolute Gasteiger partial charge is 0.352 e. The van der Waals surface area contributed by atoms with E-state index in [0.717, 1.165) is 12.8 Å². The zero-order valence-corrected chi connectivity index (χ0v) is 13.7. The molecule has 0 spiro atoms. The van der Waals surface area contributed by atoms with Gasteiger partial charge in [-0.25, -0.2) is 9.37 Å². The molecule has 0 radical (unpaired) electrons. The number of fused-ring (bicyclic) bond motifs is 1. The van der Waals surface area contributed by atoms with Crippen LogP contribution in [0.15, 0.2) is 54.6 Å². The number of amides is 1. The molecule has 1 N–H and O–H groups in total. The fraction of sp³-hybridized carbons (Fsp3) is 0.158. The first-order valence-electron chi connectivity index (χ1n) is 7.71. The molecule has 0 aliphatic carbocycles. The molecule has 24 heavy (non-hydrogen) atoms. The second-order valence-electron chi connectivity index (χ2n) is 5.51. The predicted octanol–water partition coefficient (Wildman–Crippen LogP) is 4.39. The van der Waals surface area contributed by atoms with Crippen LogP contribution in [-0.4, -0.2) is 17.4 Å². The van der Waals surface area contributed by atoms with E-state index in [4.69, 9.17) is 11.6 Å². The number of pyridine rings is 1. The number of nitrogens with zero attached hydrogens (tertiary/aromatic N) is 1. The van der Waals surface area contributed by atoms with Gasteiger partial charge >= 0.3 is 0 Å². The molecule has 0 fully saturated rings. The molecule has 0 saturated heterocycles. The summed E-state index contributed by atoms with van der Waals surface area (Å²) in [4.78, 5) is 16.4. The van der Waals surface area contributed by atoms with Gasteiger partial charge in [0.25, 0.3) is 5.91 Å². The summed E-state index contributed by atoms with van der Waals surface area (Å²) in [7, 11) is 0. The molecule has 2 aromatic carbocycles. The molecule has 3 rings (SSSR count). The summed E-state index contributed by atoms with van der Waals surface area (Å²) in [5.41, 5.74) is 1.97.